The topological polar surface area (TPSA) is 37.4 Å². The lowest BCUT2D eigenvalue weighted by Gasteiger charge is -2.30. The number of nitrogens with zero attached hydrogens (tertiary/aromatic N) is 1. The Bertz CT molecular complexity index is 563. The summed E-state index contributed by atoms with van der Waals surface area (Å²) in [6, 6.07) is 0.907. The van der Waals surface area contributed by atoms with E-state index in [4.69, 9.17) is 0 Å². The second-order valence-corrected chi connectivity index (χ2v) is 5.74. The lowest BCUT2D eigenvalue weighted by atomic mass is 10.0. The van der Waals surface area contributed by atoms with Gasteiger partial charge in [0.05, 0.1) is 6.42 Å². The molecule has 0 heterocycles. The zero-order valence-electron chi connectivity index (χ0n) is 13.1. The minimum atomic E-state index is -1.31. The maximum Gasteiger partial charge on any atom is 0.230 e. The molecule has 0 radical (unpaired) electrons. The van der Waals surface area contributed by atoms with E-state index in [9.17, 15) is 22.8 Å². The van der Waals surface area contributed by atoms with Crippen LogP contribution in [-0.4, -0.2) is 28.7 Å². The Kier molecular flexibility index (Phi) is 6.14. The molecule has 1 amide bonds. The van der Waals surface area contributed by atoms with Crippen molar-refractivity contribution in [2.75, 3.05) is 0 Å². The van der Waals surface area contributed by atoms with E-state index in [1.54, 1.807) is 4.90 Å². The third-order valence-electron chi connectivity index (χ3n) is 3.23. The summed E-state index contributed by atoms with van der Waals surface area (Å²) in [5.41, 5.74) is -0.252. The van der Waals surface area contributed by atoms with Gasteiger partial charge in [-0.3, -0.25) is 9.59 Å². The van der Waals surface area contributed by atoms with E-state index in [0.717, 1.165) is 0 Å². The Morgan fingerprint density at radius 2 is 1.45 bits per heavy atom. The molecule has 0 bridgehead atoms. The molecule has 1 rings (SSSR count). The molecule has 0 unspecified atom stereocenters. The summed E-state index contributed by atoms with van der Waals surface area (Å²) in [7, 11) is 0. The molecule has 0 saturated carbocycles. The highest BCUT2D eigenvalue weighted by Gasteiger charge is 2.23. The molecule has 1 aromatic carbocycles. The first-order valence-electron chi connectivity index (χ1n) is 7.09. The predicted molar refractivity (Wildman–Crippen MR) is 76.8 cm³/mol. The summed E-state index contributed by atoms with van der Waals surface area (Å²) in [4.78, 5) is 25.6. The van der Waals surface area contributed by atoms with Crippen LogP contribution in [0.1, 0.15) is 39.7 Å². The summed E-state index contributed by atoms with van der Waals surface area (Å²) in [5, 5.41) is 0. The van der Waals surface area contributed by atoms with Crippen LogP contribution in [0.5, 0.6) is 0 Å². The van der Waals surface area contributed by atoms with Gasteiger partial charge >= 0.3 is 0 Å². The fourth-order valence-corrected chi connectivity index (χ4v) is 2.41. The molecule has 22 heavy (non-hydrogen) atoms. The zero-order valence-corrected chi connectivity index (χ0v) is 13.1. The van der Waals surface area contributed by atoms with E-state index in [1.807, 2.05) is 27.7 Å². The Morgan fingerprint density at radius 1 is 0.955 bits per heavy atom. The first-order valence-corrected chi connectivity index (χ1v) is 7.09. The SMILES string of the molecule is CC(C)N(C(=O)CC(=O)Cc1cc(F)c(F)cc1F)C(C)C. The molecule has 0 aliphatic heterocycles. The Morgan fingerprint density at radius 3 is 1.95 bits per heavy atom. The Balaban J connectivity index is 2.78. The standard InChI is InChI=1S/C16H20F3NO2/c1-9(2)20(10(3)4)16(22)7-12(21)5-11-6-14(18)15(19)8-13(11)17/h6,8-10H,5,7H2,1-4H3. The highest BCUT2D eigenvalue weighted by Crippen LogP contribution is 2.16. The number of hydrogen-bond acceptors (Lipinski definition) is 2. The fraction of sp³-hybridized carbons (Fsp3) is 0.500. The number of carbonyl (C=O) groups excluding carboxylic acids is 2. The average molecular weight is 315 g/mol. The second-order valence-electron chi connectivity index (χ2n) is 5.74. The maximum atomic E-state index is 13.5. The van der Waals surface area contributed by atoms with Gasteiger partial charge in [-0.15, -0.1) is 0 Å². The van der Waals surface area contributed by atoms with Crippen molar-refractivity contribution in [2.24, 2.45) is 0 Å². The minimum Gasteiger partial charge on any atom is -0.337 e. The highest BCUT2D eigenvalue weighted by molar-refractivity contribution is 5.99. The number of Topliss-reactive ketones (excluding diaryl/α,β-unsaturated/α-hetero) is 1. The zero-order chi connectivity index (χ0) is 17.0. The number of carbonyl (C=O) groups is 2. The van der Waals surface area contributed by atoms with Crippen LogP contribution < -0.4 is 0 Å². The van der Waals surface area contributed by atoms with Crippen molar-refractivity contribution in [2.45, 2.75) is 52.6 Å². The van der Waals surface area contributed by atoms with E-state index in [-0.39, 0.29) is 23.6 Å². The fourth-order valence-electron chi connectivity index (χ4n) is 2.41. The number of hydrogen-bond donors (Lipinski definition) is 0. The van der Waals surface area contributed by atoms with Crippen LogP contribution in [-0.2, 0) is 16.0 Å². The van der Waals surface area contributed by atoms with Crippen LogP contribution in [0.3, 0.4) is 0 Å². The summed E-state index contributed by atoms with van der Waals surface area (Å²) in [5.74, 6) is -4.43. The quantitative estimate of drug-likeness (QED) is 0.597. The van der Waals surface area contributed by atoms with Gasteiger partial charge in [0.15, 0.2) is 11.6 Å². The lowest BCUT2D eigenvalue weighted by Crippen LogP contribution is -2.42. The van der Waals surface area contributed by atoms with Crippen LogP contribution in [0.4, 0.5) is 13.2 Å². The molecule has 0 aliphatic carbocycles. The van der Waals surface area contributed by atoms with Gasteiger partial charge in [-0.05, 0) is 39.3 Å². The molecule has 1 aromatic rings. The highest BCUT2D eigenvalue weighted by atomic mass is 19.2. The molecule has 0 saturated heterocycles. The number of ketones is 1. The first kappa shape index (κ1) is 18.2. The molecule has 0 aromatic heterocycles. The number of rotatable bonds is 6. The van der Waals surface area contributed by atoms with Crippen LogP contribution in [0.25, 0.3) is 0 Å². The number of halogens is 3. The van der Waals surface area contributed by atoms with Crippen molar-refractivity contribution < 1.29 is 22.8 Å². The molecular formula is C16H20F3NO2. The Hall–Kier alpha value is -1.85. The van der Waals surface area contributed by atoms with Gasteiger partial charge < -0.3 is 4.90 Å². The van der Waals surface area contributed by atoms with E-state index in [1.165, 1.54) is 0 Å². The first-order chi connectivity index (χ1) is 10.1. The smallest absolute Gasteiger partial charge is 0.230 e. The molecule has 0 N–H and O–H groups in total. The Labute approximate surface area is 128 Å². The van der Waals surface area contributed by atoms with Gasteiger partial charge in [0, 0.05) is 24.6 Å². The van der Waals surface area contributed by atoms with Gasteiger partial charge in [-0.2, -0.15) is 0 Å². The number of benzene rings is 1. The van der Waals surface area contributed by atoms with Gasteiger partial charge in [0.2, 0.25) is 5.91 Å². The van der Waals surface area contributed by atoms with Crippen molar-refractivity contribution in [3.8, 4) is 0 Å². The molecule has 3 nitrogen and oxygen atoms in total. The molecule has 0 atom stereocenters. The van der Waals surface area contributed by atoms with Crippen LogP contribution in [0.15, 0.2) is 12.1 Å². The van der Waals surface area contributed by atoms with E-state index < -0.39 is 36.1 Å². The number of amides is 1. The third kappa shape index (κ3) is 4.58. The van der Waals surface area contributed by atoms with Crippen LogP contribution >= 0.6 is 0 Å². The third-order valence-corrected chi connectivity index (χ3v) is 3.23. The summed E-state index contributed by atoms with van der Waals surface area (Å²) >= 11 is 0. The molecule has 0 spiro atoms. The summed E-state index contributed by atoms with van der Waals surface area (Å²) in [6.45, 7) is 7.32. The molecule has 0 fully saturated rings. The van der Waals surface area contributed by atoms with Gasteiger partial charge in [0.25, 0.3) is 0 Å². The van der Waals surface area contributed by atoms with Crippen molar-refractivity contribution >= 4 is 11.7 Å². The van der Waals surface area contributed by atoms with Gasteiger partial charge in [-0.1, -0.05) is 0 Å². The lowest BCUT2D eigenvalue weighted by molar-refractivity contribution is -0.138. The van der Waals surface area contributed by atoms with Crippen molar-refractivity contribution in [1.82, 2.24) is 4.90 Å². The van der Waals surface area contributed by atoms with Gasteiger partial charge in [-0.25, -0.2) is 13.2 Å². The van der Waals surface area contributed by atoms with Crippen LogP contribution in [0.2, 0.25) is 0 Å². The van der Waals surface area contributed by atoms with Crippen molar-refractivity contribution in [3.63, 3.8) is 0 Å². The second kappa shape index (κ2) is 7.42. The van der Waals surface area contributed by atoms with Gasteiger partial charge in [0.1, 0.15) is 11.6 Å². The summed E-state index contributed by atoms with van der Waals surface area (Å²) in [6.07, 6.45) is -0.840. The maximum absolute atomic E-state index is 13.5. The molecule has 122 valence electrons. The van der Waals surface area contributed by atoms with Crippen molar-refractivity contribution in [1.29, 1.82) is 0 Å². The molecular weight excluding hydrogens is 295 g/mol. The predicted octanol–water partition coefficient (Wildman–Crippen LogP) is 3.25. The summed E-state index contributed by atoms with van der Waals surface area (Å²) < 4.78 is 39.4. The normalized spacial score (nSPS) is 11.1. The van der Waals surface area contributed by atoms with E-state index in [0.29, 0.717) is 12.1 Å². The average Bonchev–Trinajstić information content (AvgIpc) is 2.34. The molecule has 0 aliphatic rings. The largest absolute Gasteiger partial charge is 0.337 e. The van der Waals surface area contributed by atoms with E-state index in [2.05, 4.69) is 0 Å². The molecule has 6 heteroatoms. The monoisotopic (exact) mass is 315 g/mol. The minimum absolute atomic E-state index is 0.0692. The van der Waals surface area contributed by atoms with Crippen LogP contribution in [0, 0.1) is 17.5 Å². The van der Waals surface area contributed by atoms with E-state index >= 15 is 0 Å². The van der Waals surface area contributed by atoms with Crippen molar-refractivity contribution in [3.05, 3.63) is 35.1 Å².